The van der Waals surface area contributed by atoms with Crippen LogP contribution in [0.15, 0.2) is 24.3 Å². The lowest BCUT2D eigenvalue weighted by molar-refractivity contribution is -0.122. The predicted molar refractivity (Wildman–Crippen MR) is 116 cm³/mol. The molecule has 0 saturated heterocycles. The van der Waals surface area contributed by atoms with Gasteiger partial charge in [0.05, 0.1) is 12.2 Å². The van der Waals surface area contributed by atoms with E-state index in [-0.39, 0.29) is 11.9 Å². The van der Waals surface area contributed by atoms with E-state index < -0.39 is 6.10 Å². The number of hydrogen-bond donors (Lipinski definition) is 1. The molecule has 0 aliphatic heterocycles. The molecule has 0 fully saturated rings. The van der Waals surface area contributed by atoms with Crippen LogP contribution in [0.1, 0.15) is 72.8 Å². The Labute approximate surface area is 176 Å². The van der Waals surface area contributed by atoms with Crippen molar-refractivity contribution < 1.29 is 19.1 Å². The Morgan fingerprint density at radius 2 is 1.79 bits per heavy atom. The first-order chi connectivity index (χ1) is 13.9. The number of carbonyl (C=O) groups excluding carboxylic acids is 2. The summed E-state index contributed by atoms with van der Waals surface area (Å²) in [5.41, 5.74) is 2.78. The summed E-state index contributed by atoms with van der Waals surface area (Å²) in [5.74, 6) is 0.450. The van der Waals surface area contributed by atoms with Gasteiger partial charge in [0, 0.05) is 4.88 Å². The molecule has 29 heavy (non-hydrogen) atoms. The van der Waals surface area contributed by atoms with Crippen molar-refractivity contribution in [2.24, 2.45) is 0 Å². The first-order valence-corrected chi connectivity index (χ1v) is 11.1. The molecule has 0 bridgehead atoms. The number of nitrogens with one attached hydrogen (secondary N) is 1. The zero-order valence-corrected chi connectivity index (χ0v) is 18.4. The summed E-state index contributed by atoms with van der Waals surface area (Å²) in [6.07, 6.45) is 3.26. The number of amides is 1. The van der Waals surface area contributed by atoms with Crippen molar-refractivity contribution in [3.8, 4) is 5.75 Å². The fourth-order valence-corrected chi connectivity index (χ4v) is 4.76. The summed E-state index contributed by atoms with van der Waals surface area (Å²) in [5, 5.41) is 3.49. The zero-order valence-electron chi connectivity index (χ0n) is 17.5. The van der Waals surface area contributed by atoms with Crippen LogP contribution < -0.4 is 10.1 Å². The van der Waals surface area contributed by atoms with Crippen molar-refractivity contribution in [3.05, 3.63) is 45.8 Å². The van der Waals surface area contributed by atoms with E-state index in [0.717, 1.165) is 31.2 Å². The molecule has 6 heteroatoms. The summed E-state index contributed by atoms with van der Waals surface area (Å²) in [4.78, 5) is 26.5. The molecule has 1 heterocycles. The minimum absolute atomic E-state index is 0.276. The summed E-state index contributed by atoms with van der Waals surface area (Å²) in [6.45, 7) is 8.07. The smallest absolute Gasteiger partial charge is 0.341 e. The highest BCUT2D eigenvalue weighted by molar-refractivity contribution is 7.17. The lowest BCUT2D eigenvalue weighted by Gasteiger charge is -2.16. The molecule has 1 aromatic heterocycles. The van der Waals surface area contributed by atoms with Gasteiger partial charge in [0.15, 0.2) is 6.10 Å². The Morgan fingerprint density at radius 1 is 1.10 bits per heavy atom. The lowest BCUT2D eigenvalue weighted by Crippen LogP contribution is -2.30. The second-order valence-corrected chi connectivity index (χ2v) is 8.71. The second-order valence-electron chi connectivity index (χ2n) is 7.61. The van der Waals surface area contributed by atoms with Crippen molar-refractivity contribution in [2.45, 2.75) is 65.4 Å². The maximum atomic E-state index is 12.8. The first-order valence-electron chi connectivity index (χ1n) is 10.3. The second kappa shape index (κ2) is 9.44. The van der Waals surface area contributed by atoms with Gasteiger partial charge in [-0.05, 0) is 68.7 Å². The predicted octanol–water partition coefficient (Wildman–Crippen LogP) is 5.33. The van der Waals surface area contributed by atoms with Crippen LogP contribution in [-0.4, -0.2) is 24.6 Å². The topological polar surface area (TPSA) is 64.6 Å². The van der Waals surface area contributed by atoms with Crippen LogP contribution in [0.2, 0.25) is 0 Å². The maximum absolute atomic E-state index is 12.8. The molecule has 5 nitrogen and oxygen atoms in total. The minimum atomic E-state index is -0.686. The van der Waals surface area contributed by atoms with Crippen LogP contribution in [0.4, 0.5) is 5.00 Å². The van der Waals surface area contributed by atoms with E-state index in [9.17, 15) is 9.59 Å². The summed E-state index contributed by atoms with van der Waals surface area (Å²) >= 11 is 1.48. The van der Waals surface area contributed by atoms with Gasteiger partial charge in [-0.1, -0.05) is 26.0 Å². The van der Waals surface area contributed by atoms with Gasteiger partial charge in [-0.2, -0.15) is 0 Å². The molecule has 3 rings (SSSR count). The number of esters is 1. The van der Waals surface area contributed by atoms with Crippen molar-refractivity contribution in [1.82, 2.24) is 0 Å². The zero-order chi connectivity index (χ0) is 21.0. The van der Waals surface area contributed by atoms with Crippen LogP contribution >= 0.6 is 11.3 Å². The average Bonchev–Trinajstić information content (AvgIpc) is 3.06. The SMILES string of the molecule is CCOC(=O)c1c(NC(=O)[C@H](C)Oc2ccc(C(C)C)cc2)sc2c1CCCC2. The molecule has 156 valence electrons. The van der Waals surface area contributed by atoms with Gasteiger partial charge in [0.1, 0.15) is 10.8 Å². The molecule has 1 aliphatic rings. The van der Waals surface area contributed by atoms with E-state index in [2.05, 4.69) is 19.2 Å². The van der Waals surface area contributed by atoms with Crippen molar-refractivity contribution in [3.63, 3.8) is 0 Å². The third kappa shape index (κ3) is 4.99. The third-order valence-electron chi connectivity index (χ3n) is 5.12. The van der Waals surface area contributed by atoms with Crippen LogP contribution in [0, 0.1) is 0 Å². The summed E-state index contributed by atoms with van der Waals surface area (Å²) in [6, 6.07) is 7.79. The van der Waals surface area contributed by atoms with Crippen molar-refractivity contribution in [1.29, 1.82) is 0 Å². The number of benzene rings is 1. The fourth-order valence-electron chi connectivity index (χ4n) is 3.48. The molecule has 1 aromatic carbocycles. The Hall–Kier alpha value is -2.34. The molecule has 1 aliphatic carbocycles. The van der Waals surface area contributed by atoms with Gasteiger partial charge in [0.25, 0.3) is 5.91 Å². The van der Waals surface area contributed by atoms with Crippen LogP contribution in [0.25, 0.3) is 0 Å². The van der Waals surface area contributed by atoms with E-state index in [0.29, 0.717) is 28.8 Å². The van der Waals surface area contributed by atoms with Gasteiger partial charge in [-0.15, -0.1) is 11.3 Å². The van der Waals surface area contributed by atoms with E-state index in [1.54, 1.807) is 13.8 Å². The van der Waals surface area contributed by atoms with Gasteiger partial charge in [-0.25, -0.2) is 4.79 Å². The number of hydrogen-bond acceptors (Lipinski definition) is 5. The van der Waals surface area contributed by atoms with E-state index in [1.165, 1.54) is 21.8 Å². The summed E-state index contributed by atoms with van der Waals surface area (Å²) < 4.78 is 11.1. The van der Waals surface area contributed by atoms with Crippen LogP contribution in [-0.2, 0) is 22.4 Å². The standard InChI is InChI=1S/C23H29NO4S/c1-5-27-23(26)20-18-8-6-7-9-19(18)29-22(20)24-21(25)15(4)28-17-12-10-16(11-13-17)14(2)3/h10-15H,5-9H2,1-4H3,(H,24,25)/t15-/m0/s1. The van der Waals surface area contributed by atoms with E-state index in [4.69, 9.17) is 9.47 Å². The van der Waals surface area contributed by atoms with Crippen molar-refractivity contribution >= 4 is 28.2 Å². The summed E-state index contributed by atoms with van der Waals surface area (Å²) in [7, 11) is 0. The Morgan fingerprint density at radius 3 is 2.45 bits per heavy atom. The quantitative estimate of drug-likeness (QED) is 0.621. The Bertz CT molecular complexity index is 870. The molecule has 0 saturated carbocycles. The van der Waals surface area contributed by atoms with Gasteiger partial charge in [-0.3, -0.25) is 4.79 Å². The molecule has 2 aromatic rings. The highest BCUT2D eigenvalue weighted by atomic mass is 32.1. The number of rotatable bonds is 7. The number of anilines is 1. The largest absolute Gasteiger partial charge is 0.481 e. The molecular weight excluding hydrogens is 386 g/mol. The molecule has 0 unspecified atom stereocenters. The first kappa shape index (κ1) is 21.4. The minimum Gasteiger partial charge on any atom is -0.481 e. The Kier molecular flexibility index (Phi) is 6.96. The normalized spacial score (nSPS) is 14.2. The highest BCUT2D eigenvalue weighted by Gasteiger charge is 2.28. The number of fused-ring (bicyclic) bond motifs is 1. The number of carbonyl (C=O) groups is 2. The van der Waals surface area contributed by atoms with Gasteiger partial charge in [0.2, 0.25) is 0 Å². The van der Waals surface area contributed by atoms with Gasteiger partial charge < -0.3 is 14.8 Å². The Balaban J connectivity index is 1.74. The van der Waals surface area contributed by atoms with E-state index in [1.807, 2.05) is 24.3 Å². The van der Waals surface area contributed by atoms with Crippen molar-refractivity contribution in [2.75, 3.05) is 11.9 Å². The monoisotopic (exact) mass is 415 g/mol. The molecule has 0 radical (unpaired) electrons. The number of aryl methyl sites for hydroxylation is 1. The fraction of sp³-hybridized carbons (Fsp3) is 0.478. The molecular formula is C23H29NO4S. The molecule has 1 amide bonds. The van der Waals surface area contributed by atoms with E-state index >= 15 is 0 Å². The maximum Gasteiger partial charge on any atom is 0.341 e. The van der Waals surface area contributed by atoms with Gasteiger partial charge >= 0.3 is 5.97 Å². The molecule has 0 spiro atoms. The average molecular weight is 416 g/mol. The number of ether oxygens (including phenoxy) is 2. The number of thiophene rings is 1. The van der Waals surface area contributed by atoms with Crippen LogP contribution in [0.3, 0.4) is 0 Å². The molecule has 1 atom stereocenters. The molecule has 1 N–H and O–H groups in total. The lowest BCUT2D eigenvalue weighted by atomic mass is 9.95. The third-order valence-corrected chi connectivity index (χ3v) is 6.32. The highest BCUT2D eigenvalue weighted by Crippen LogP contribution is 2.38. The van der Waals surface area contributed by atoms with Crippen LogP contribution in [0.5, 0.6) is 5.75 Å².